The fourth-order valence-corrected chi connectivity index (χ4v) is 3.38. The summed E-state index contributed by atoms with van der Waals surface area (Å²) in [6.07, 6.45) is 0. The second-order valence-electron chi connectivity index (χ2n) is 6.40. The average molecular weight is 367 g/mol. The van der Waals surface area contributed by atoms with E-state index in [1.807, 2.05) is 26.8 Å². The third-order valence-electron chi connectivity index (χ3n) is 4.68. The Kier molecular flexibility index (Phi) is 3.74. The molecule has 4 rings (SSSR count). The lowest BCUT2D eigenvalue weighted by Gasteiger charge is -2.04. The molecule has 0 bridgehead atoms. The molecule has 2 heterocycles. The molecule has 0 atom stereocenters. The van der Waals surface area contributed by atoms with Crippen LogP contribution < -0.4 is 5.63 Å². The van der Waals surface area contributed by atoms with E-state index in [0.717, 1.165) is 21.9 Å². The molecule has 4 aromatic rings. The summed E-state index contributed by atoms with van der Waals surface area (Å²) < 4.78 is 11.3. The monoisotopic (exact) mass is 366 g/mol. The molecule has 0 fully saturated rings. The van der Waals surface area contributed by atoms with Crippen LogP contribution in [0, 0.1) is 20.8 Å². The molecular weight excluding hydrogens is 352 g/mol. The minimum Gasteiger partial charge on any atom is -0.452 e. The van der Waals surface area contributed by atoms with Crippen LogP contribution in [0.1, 0.15) is 32.8 Å². The van der Waals surface area contributed by atoms with E-state index in [-0.39, 0.29) is 11.5 Å². The van der Waals surface area contributed by atoms with E-state index >= 15 is 0 Å². The highest BCUT2D eigenvalue weighted by molar-refractivity contribution is 6.30. The molecular formula is C21H15ClO4. The van der Waals surface area contributed by atoms with Crippen LogP contribution in [0.5, 0.6) is 0 Å². The van der Waals surface area contributed by atoms with Gasteiger partial charge < -0.3 is 8.83 Å². The summed E-state index contributed by atoms with van der Waals surface area (Å²) in [6.45, 7) is 5.54. The largest absolute Gasteiger partial charge is 0.452 e. The molecule has 0 aliphatic carbocycles. The Bertz CT molecular complexity index is 1240. The normalized spacial score (nSPS) is 11.4. The Morgan fingerprint density at radius 2 is 1.54 bits per heavy atom. The number of furan rings is 1. The molecule has 0 unspecified atom stereocenters. The number of carbonyl (C=O) groups is 1. The number of fused-ring (bicyclic) bond motifs is 2. The first-order valence-corrected chi connectivity index (χ1v) is 8.52. The van der Waals surface area contributed by atoms with Crippen molar-refractivity contribution in [2.75, 3.05) is 0 Å². The van der Waals surface area contributed by atoms with Crippen LogP contribution in [0.25, 0.3) is 21.9 Å². The molecule has 2 aromatic carbocycles. The van der Waals surface area contributed by atoms with Crippen LogP contribution >= 0.6 is 11.6 Å². The van der Waals surface area contributed by atoms with E-state index in [0.29, 0.717) is 27.3 Å². The molecule has 0 saturated heterocycles. The maximum atomic E-state index is 12.9. The molecule has 0 saturated carbocycles. The van der Waals surface area contributed by atoms with Crippen LogP contribution in [0.4, 0.5) is 0 Å². The first-order chi connectivity index (χ1) is 12.4. The first kappa shape index (κ1) is 16.6. The minimum absolute atomic E-state index is 0.211. The van der Waals surface area contributed by atoms with Crippen LogP contribution in [-0.2, 0) is 0 Å². The maximum Gasteiger partial charge on any atom is 0.336 e. The van der Waals surface area contributed by atoms with Gasteiger partial charge in [-0.05, 0) is 56.7 Å². The lowest BCUT2D eigenvalue weighted by molar-refractivity contribution is 0.101. The smallest absolute Gasteiger partial charge is 0.336 e. The Hall–Kier alpha value is -2.85. The standard InChI is InChI=1S/C21H15ClO4/c1-10-8-17(23)25-19-12(3)20-16(9-15(10)19)11(2)21(26-20)18(24)13-4-6-14(22)7-5-13/h4-9H,1-3H3. The van der Waals surface area contributed by atoms with Gasteiger partial charge in [0.15, 0.2) is 5.76 Å². The van der Waals surface area contributed by atoms with Crippen LogP contribution in [0.15, 0.2) is 50.0 Å². The summed E-state index contributed by atoms with van der Waals surface area (Å²) in [4.78, 5) is 24.6. The van der Waals surface area contributed by atoms with Crippen molar-refractivity contribution in [1.82, 2.24) is 0 Å². The fraction of sp³-hybridized carbons (Fsp3) is 0.143. The molecule has 5 heteroatoms. The van der Waals surface area contributed by atoms with Crippen molar-refractivity contribution in [1.29, 1.82) is 0 Å². The number of ketones is 1. The second-order valence-corrected chi connectivity index (χ2v) is 6.83. The third kappa shape index (κ3) is 2.45. The van der Waals surface area contributed by atoms with Gasteiger partial charge >= 0.3 is 5.63 Å². The Morgan fingerprint density at radius 1 is 0.885 bits per heavy atom. The van der Waals surface area contributed by atoms with Gasteiger partial charge in [0.05, 0.1) is 0 Å². The van der Waals surface area contributed by atoms with Crippen molar-refractivity contribution in [3.05, 3.63) is 79.9 Å². The van der Waals surface area contributed by atoms with Gasteiger partial charge in [0, 0.05) is 38.6 Å². The second kappa shape index (κ2) is 5.85. The van der Waals surface area contributed by atoms with E-state index in [2.05, 4.69) is 0 Å². The van der Waals surface area contributed by atoms with Crippen molar-refractivity contribution in [2.24, 2.45) is 0 Å². The molecule has 0 spiro atoms. The van der Waals surface area contributed by atoms with Gasteiger partial charge in [0.1, 0.15) is 11.2 Å². The number of rotatable bonds is 2. The number of halogens is 1. The Balaban J connectivity index is 1.99. The van der Waals surface area contributed by atoms with E-state index in [4.69, 9.17) is 20.4 Å². The quantitative estimate of drug-likeness (QED) is 0.354. The van der Waals surface area contributed by atoms with Crippen LogP contribution in [-0.4, -0.2) is 5.78 Å². The molecule has 0 N–H and O–H groups in total. The number of carbonyl (C=O) groups excluding carboxylic acids is 1. The lowest BCUT2D eigenvalue weighted by Crippen LogP contribution is -2.01. The van der Waals surface area contributed by atoms with Crippen molar-refractivity contribution in [3.8, 4) is 0 Å². The molecule has 0 aliphatic heterocycles. The van der Waals surface area contributed by atoms with Crippen molar-refractivity contribution < 1.29 is 13.6 Å². The lowest BCUT2D eigenvalue weighted by atomic mass is 10.0. The Labute approximate surface area is 154 Å². The van der Waals surface area contributed by atoms with Crippen LogP contribution in [0.3, 0.4) is 0 Å². The van der Waals surface area contributed by atoms with Crippen molar-refractivity contribution >= 4 is 39.3 Å². The molecule has 130 valence electrons. The number of aryl methyl sites for hydroxylation is 3. The zero-order chi connectivity index (χ0) is 18.6. The summed E-state index contributed by atoms with van der Waals surface area (Å²) >= 11 is 5.90. The van der Waals surface area contributed by atoms with Gasteiger partial charge in [-0.15, -0.1) is 0 Å². The van der Waals surface area contributed by atoms with E-state index in [1.54, 1.807) is 24.3 Å². The van der Waals surface area contributed by atoms with Gasteiger partial charge in [0.25, 0.3) is 0 Å². The summed E-state index contributed by atoms with van der Waals surface area (Å²) in [5, 5.41) is 2.24. The topological polar surface area (TPSA) is 60.4 Å². The number of hydrogen-bond donors (Lipinski definition) is 0. The average Bonchev–Trinajstić information content (AvgIpc) is 2.93. The predicted octanol–water partition coefficient (Wildman–Crippen LogP) is 5.35. The number of hydrogen-bond acceptors (Lipinski definition) is 4. The van der Waals surface area contributed by atoms with Gasteiger partial charge in [-0.1, -0.05) is 11.6 Å². The SMILES string of the molecule is Cc1cc(=O)oc2c(C)c3oc(C(=O)c4ccc(Cl)cc4)c(C)c3cc12. The molecule has 0 amide bonds. The van der Waals surface area contributed by atoms with Crippen LogP contribution in [0.2, 0.25) is 5.02 Å². The predicted molar refractivity (Wildman–Crippen MR) is 101 cm³/mol. The van der Waals surface area contributed by atoms with E-state index < -0.39 is 5.63 Å². The maximum absolute atomic E-state index is 12.9. The van der Waals surface area contributed by atoms with Gasteiger partial charge in [-0.3, -0.25) is 4.79 Å². The molecule has 4 nitrogen and oxygen atoms in total. The molecule has 0 radical (unpaired) electrons. The molecule has 0 aliphatic rings. The summed E-state index contributed by atoms with van der Waals surface area (Å²) in [7, 11) is 0. The molecule has 26 heavy (non-hydrogen) atoms. The van der Waals surface area contributed by atoms with Gasteiger partial charge in [-0.25, -0.2) is 4.79 Å². The highest BCUT2D eigenvalue weighted by Crippen LogP contribution is 2.34. The zero-order valence-electron chi connectivity index (χ0n) is 14.5. The zero-order valence-corrected chi connectivity index (χ0v) is 15.2. The van der Waals surface area contributed by atoms with Gasteiger partial charge in [0.2, 0.25) is 5.78 Å². The summed E-state index contributed by atoms with van der Waals surface area (Å²) in [6, 6.07) is 10.1. The highest BCUT2D eigenvalue weighted by atomic mass is 35.5. The summed E-state index contributed by atoms with van der Waals surface area (Å²) in [5.41, 5.74) is 3.43. The fourth-order valence-electron chi connectivity index (χ4n) is 3.25. The first-order valence-electron chi connectivity index (χ1n) is 8.14. The summed E-state index contributed by atoms with van der Waals surface area (Å²) in [5.74, 6) is 0.0673. The van der Waals surface area contributed by atoms with E-state index in [1.165, 1.54) is 6.07 Å². The van der Waals surface area contributed by atoms with Crippen molar-refractivity contribution in [2.45, 2.75) is 20.8 Å². The van der Waals surface area contributed by atoms with Gasteiger partial charge in [-0.2, -0.15) is 0 Å². The van der Waals surface area contributed by atoms with Crippen molar-refractivity contribution in [3.63, 3.8) is 0 Å². The third-order valence-corrected chi connectivity index (χ3v) is 4.93. The van der Waals surface area contributed by atoms with E-state index in [9.17, 15) is 9.59 Å². The minimum atomic E-state index is -0.404. The molecule has 2 aromatic heterocycles. The Morgan fingerprint density at radius 3 is 2.23 bits per heavy atom. The highest BCUT2D eigenvalue weighted by Gasteiger charge is 2.22. The number of benzene rings is 2.